The Morgan fingerprint density at radius 2 is 1.52 bits per heavy atom. The number of amides is 2. The van der Waals surface area contributed by atoms with Crippen molar-refractivity contribution < 1.29 is 19.1 Å². The van der Waals surface area contributed by atoms with Crippen LogP contribution in [0.25, 0.3) is 0 Å². The monoisotopic (exact) mass is 293 g/mol. The minimum absolute atomic E-state index is 0.0421. The fourth-order valence-electron chi connectivity index (χ4n) is 2.23. The van der Waals surface area contributed by atoms with Crippen LogP contribution in [0.4, 0.5) is 16.2 Å². The van der Waals surface area contributed by atoms with Crippen LogP contribution in [-0.2, 0) is 14.3 Å². The highest BCUT2D eigenvalue weighted by atomic mass is 16.6. The Morgan fingerprint density at radius 3 is 2.05 bits per heavy atom. The van der Waals surface area contributed by atoms with E-state index in [2.05, 4.69) is 5.73 Å². The number of rotatable bonds is 2. The van der Waals surface area contributed by atoms with Gasteiger partial charge in [0.15, 0.2) is 0 Å². The zero-order valence-corrected chi connectivity index (χ0v) is 11.9. The number of anilines is 2. The summed E-state index contributed by atoms with van der Waals surface area (Å²) in [6, 6.07) is 7.32. The molecule has 7 nitrogen and oxygen atoms in total. The third kappa shape index (κ3) is 3.32. The van der Waals surface area contributed by atoms with E-state index in [-0.39, 0.29) is 18.6 Å². The van der Waals surface area contributed by atoms with Crippen molar-refractivity contribution in [2.75, 3.05) is 49.8 Å². The molecule has 0 saturated carbocycles. The Kier molecular flexibility index (Phi) is 5.13. The molecule has 2 saturated heterocycles. The maximum absolute atomic E-state index is 11.7. The number of nitrogens with two attached hydrogens (primary N) is 1. The highest BCUT2D eigenvalue weighted by Crippen LogP contribution is 2.23. The molecule has 3 rings (SSSR count). The van der Waals surface area contributed by atoms with Crippen molar-refractivity contribution in [3.63, 3.8) is 0 Å². The number of carbonyl (C=O) groups excluding carboxylic acids is 2. The predicted octanol–water partition coefficient (Wildman–Crippen LogP) is 0.581. The lowest BCUT2D eigenvalue weighted by Gasteiger charge is -2.27. The van der Waals surface area contributed by atoms with E-state index in [1.807, 2.05) is 24.3 Å². The maximum atomic E-state index is 11.7. The van der Waals surface area contributed by atoms with Crippen LogP contribution in [-0.4, -0.2) is 52.0 Å². The summed E-state index contributed by atoms with van der Waals surface area (Å²) in [6.07, 6.45) is -0.324. The number of hydrogen-bond acceptors (Lipinski definition) is 5. The third-order valence-electron chi connectivity index (χ3n) is 3.22. The second-order valence-corrected chi connectivity index (χ2v) is 4.38. The lowest BCUT2D eigenvalue weighted by Crippen LogP contribution is -2.41. The summed E-state index contributed by atoms with van der Waals surface area (Å²) in [6.45, 7) is 2.22. The van der Waals surface area contributed by atoms with Crippen LogP contribution in [0.15, 0.2) is 24.3 Å². The number of ether oxygens (including phenoxy) is 2. The summed E-state index contributed by atoms with van der Waals surface area (Å²) in [7, 11) is 1.50. The summed E-state index contributed by atoms with van der Waals surface area (Å²) in [4.78, 5) is 26.4. The normalized spacial score (nSPS) is 18.2. The van der Waals surface area contributed by atoms with E-state index in [9.17, 15) is 9.59 Å². The first-order chi connectivity index (χ1) is 10.3. The molecular weight excluding hydrogens is 274 g/mol. The van der Waals surface area contributed by atoms with Gasteiger partial charge in [-0.15, -0.1) is 0 Å². The summed E-state index contributed by atoms with van der Waals surface area (Å²) < 4.78 is 9.98. The number of morpholine rings is 1. The number of hydrogen-bond donors (Lipinski definition) is 1. The molecule has 21 heavy (non-hydrogen) atoms. The quantitative estimate of drug-likeness (QED) is 0.862. The minimum atomic E-state index is -0.324. The maximum Gasteiger partial charge on any atom is 0.414 e. The highest BCUT2D eigenvalue weighted by Gasteiger charge is 2.24. The second kappa shape index (κ2) is 7.05. The zero-order chi connectivity index (χ0) is 15.2. The van der Waals surface area contributed by atoms with Gasteiger partial charge in [0, 0.05) is 17.9 Å². The largest absolute Gasteiger partial charge is 0.447 e. The summed E-state index contributed by atoms with van der Waals surface area (Å²) >= 11 is 0. The smallest absolute Gasteiger partial charge is 0.414 e. The molecule has 1 aromatic rings. The van der Waals surface area contributed by atoms with Gasteiger partial charge < -0.3 is 20.1 Å². The van der Waals surface area contributed by atoms with Crippen molar-refractivity contribution in [1.29, 1.82) is 0 Å². The topological polar surface area (TPSA) is 85.1 Å². The van der Waals surface area contributed by atoms with Gasteiger partial charge in [0.1, 0.15) is 13.2 Å². The zero-order valence-electron chi connectivity index (χ0n) is 11.9. The molecule has 0 spiro atoms. The minimum Gasteiger partial charge on any atom is -0.447 e. The molecule has 2 aliphatic rings. The molecule has 0 aliphatic carbocycles. The Labute approximate surface area is 123 Å². The van der Waals surface area contributed by atoms with Gasteiger partial charge in [-0.3, -0.25) is 9.69 Å². The fraction of sp³-hybridized carbons (Fsp3) is 0.429. The third-order valence-corrected chi connectivity index (χ3v) is 3.22. The first-order valence-corrected chi connectivity index (χ1v) is 6.76. The van der Waals surface area contributed by atoms with Gasteiger partial charge >= 0.3 is 6.09 Å². The number of nitrogens with zero attached hydrogens (tertiary/aromatic N) is 2. The van der Waals surface area contributed by atoms with Crippen LogP contribution < -0.4 is 15.5 Å². The second-order valence-electron chi connectivity index (χ2n) is 4.38. The Morgan fingerprint density at radius 1 is 0.952 bits per heavy atom. The van der Waals surface area contributed by atoms with Crippen molar-refractivity contribution in [2.45, 2.75) is 0 Å². The molecule has 0 unspecified atom stereocenters. The molecule has 0 aromatic heterocycles. The van der Waals surface area contributed by atoms with Gasteiger partial charge in [-0.2, -0.15) is 0 Å². The van der Waals surface area contributed by atoms with E-state index in [0.717, 1.165) is 11.4 Å². The van der Waals surface area contributed by atoms with Crippen LogP contribution >= 0.6 is 0 Å². The van der Waals surface area contributed by atoms with E-state index >= 15 is 0 Å². The van der Waals surface area contributed by atoms with Crippen LogP contribution in [0.5, 0.6) is 0 Å². The molecule has 7 heteroatoms. The fourth-order valence-corrected chi connectivity index (χ4v) is 2.23. The van der Waals surface area contributed by atoms with Gasteiger partial charge in [-0.1, -0.05) is 0 Å². The lowest BCUT2D eigenvalue weighted by molar-refractivity contribution is -0.125. The number of cyclic esters (lactones) is 1. The van der Waals surface area contributed by atoms with Crippen LogP contribution in [0.2, 0.25) is 0 Å². The van der Waals surface area contributed by atoms with E-state index in [1.54, 1.807) is 9.80 Å². The summed E-state index contributed by atoms with van der Waals surface area (Å²) in [5, 5.41) is 0. The highest BCUT2D eigenvalue weighted by molar-refractivity contribution is 5.95. The van der Waals surface area contributed by atoms with Gasteiger partial charge in [0.2, 0.25) is 0 Å². The Bertz CT molecular complexity index is 503. The van der Waals surface area contributed by atoms with Crippen molar-refractivity contribution in [1.82, 2.24) is 0 Å². The van der Waals surface area contributed by atoms with Crippen molar-refractivity contribution in [2.24, 2.45) is 5.73 Å². The molecule has 2 amide bonds. The lowest BCUT2D eigenvalue weighted by atomic mass is 10.2. The van der Waals surface area contributed by atoms with Crippen molar-refractivity contribution >= 4 is 23.4 Å². The van der Waals surface area contributed by atoms with E-state index in [1.165, 1.54) is 7.05 Å². The van der Waals surface area contributed by atoms with Crippen LogP contribution in [0.3, 0.4) is 0 Å². The molecule has 2 N–H and O–H groups in total. The molecule has 2 heterocycles. The van der Waals surface area contributed by atoms with Crippen molar-refractivity contribution in [3.8, 4) is 0 Å². The molecule has 1 aromatic carbocycles. The molecule has 2 aliphatic heterocycles. The molecule has 0 bridgehead atoms. The Balaban J connectivity index is 0.000000774. The molecule has 0 atom stereocenters. The first kappa shape index (κ1) is 15.3. The van der Waals surface area contributed by atoms with E-state index < -0.39 is 0 Å². The molecular formula is C14H19N3O4. The van der Waals surface area contributed by atoms with Gasteiger partial charge in [-0.05, 0) is 31.3 Å². The number of benzene rings is 1. The first-order valence-electron chi connectivity index (χ1n) is 6.76. The van der Waals surface area contributed by atoms with Gasteiger partial charge in [-0.25, -0.2) is 4.79 Å². The molecule has 0 radical (unpaired) electrons. The number of carbonyl (C=O) groups is 2. The van der Waals surface area contributed by atoms with Gasteiger partial charge in [0.25, 0.3) is 5.91 Å². The predicted molar refractivity (Wildman–Crippen MR) is 78.4 cm³/mol. The standard InChI is InChI=1S/C13H14N2O4.CH5N/c16-12-9-18-7-5-14(12)10-1-3-11(4-2-10)15-6-8-19-13(15)17;1-2/h1-4H,5-9H2;2H2,1H3. The van der Waals surface area contributed by atoms with E-state index in [4.69, 9.17) is 9.47 Å². The van der Waals surface area contributed by atoms with E-state index in [0.29, 0.717) is 26.3 Å². The van der Waals surface area contributed by atoms with Gasteiger partial charge in [0.05, 0.1) is 13.2 Å². The summed E-state index contributed by atoms with van der Waals surface area (Å²) in [5.74, 6) is -0.0421. The molecule has 114 valence electrons. The summed E-state index contributed by atoms with van der Waals surface area (Å²) in [5.41, 5.74) is 6.11. The molecule has 2 fully saturated rings. The Hall–Kier alpha value is -2.12. The average molecular weight is 293 g/mol. The average Bonchev–Trinajstić information content (AvgIpc) is 2.96. The van der Waals surface area contributed by atoms with Crippen LogP contribution in [0.1, 0.15) is 0 Å². The SMILES string of the molecule is CN.O=C1COCCN1c1ccc(N2CCOC2=O)cc1. The van der Waals surface area contributed by atoms with Crippen LogP contribution in [0, 0.1) is 0 Å². The van der Waals surface area contributed by atoms with Crippen molar-refractivity contribution in [3.05, 3.63) is 24.3 Å².